The summed E-state index contributed by atoms with van der Waals surface area (Å²) in [6, 6.07) is 14.9. The molecule has 2 aromatic carbocycles. The Bertz CT molecular complexity index is 1010. The van der Waals surface area contributed by atoms with Crippen LogP contribution in [-0.2, 0) is 0 Å². The second kappa shape index (κ2) is 9.23. The first-order valence-electron chi connectivity index (χ1n) is 11.0. The maximum atomic E-state index is 9.72. The van der Waals surface area contributed by atoms with Crippen LogP contribution in [0, 0.1) is 0 Å². The normalized spacial score (nSPS) is 19.3. The van der Waals surface area contributed by atoms with E-state index in [1.807, 2.05) is 18.3 Å². The van der Waals surface area contributed by atoms with E-state index in [2.05, 4.69) is 47.2 Å². The van der Waals surface area contributed by atoms with Gasteiger partial charge < -0.3 is 15.3 Å². The van der Waals surface area contributed by atoms with E-state index in [9.17, 15) is 5.11 Å². The third-order valence-corrected chi connectivity index (χ3v) is 6.71. The van der Waals surface area contributed by atoms with Gasteiger partial charge in [0.2, 0.25) is 0 Å². The van der Waals surface area contributed by atoms with Crippen LogP contribution in [-0.4, -0.2) is 40.2 Å². The van der Waals surface area contributed by atoms with Crippen LogP contribution in [0.25, 0.3) is 22.0 Å². The van der Waals surface area contributed by atoms with Gasteiger partial charge >= 0.3 is 0 Å². The highest BCUT2D eigenvalue weighted by Gasteiger charge is 2.24. The van der Waals surface area contributed by atoms with E-state index >= 15 is 0 Å². The van der Waals surface area contributed by atoms with Crippen LogP contribution in [0.4, 0.5) is 5.69 Å². The van der Waals surface area contributed by atoms with Gasteiger partial charge in [-0.3, -0.25) is 4.98 Å². The number of benzene rings is 2. The molecule has 4 nitrogen and oxygen atoms in total. The Kier molecular flexibility index (Phi) is 6.45. The zero-order chi connectivity index (χ0) is 21.1. The predicted molar refractivity (Wildman–Crippen MR) is 126 cm³/mol. The van der Waals surface area contributed by atoms with Crippen molar-refractivity contribution in [2.45, 2.75) is 51.6 Å². The van der Waals surface area contributed by atoms with Crippen molar-refractivity contribution in [3.8, 4) is 16.9 Å². The van der Waals surface area contributed by atoms with Crippen LogP contribution in [0.5, 0.6) is 5.75 Å². The average Bonchev–Trinajstić information content (AvgIpc) is 2.77. The first kappa shape index (κ1) is 21.0. The molecular formula is C25H30ClN3O. The second-order valence-corrected chi connectivity index (χ2v) is 8.53. The zero-order valence-electron chi connectivity index (χ0n) is 17.7. The smallest absolute Gasteiger partial charge is 0.134 e. The molecule has 30 heavy (non-hydrogen) atoms. The molecule has 0 saturated heterocycles. The van der Waals surface area contributed by atoms with Crippen molar-refractivity contribution in [3.63, 3.8) is 0 Å². The molecular weight excluding hydrogens is 394 g/mol. The fourth-order valence-corrected chi connectivity index (χ4v) is 4.86. The van der Waals surface area contributed by atoms with Crippen LogP contribution in [0.3, 0.4) is 0 Å². The molecule has 0 atom stereocenters. The molecule has 1 saturated carbocycles. The number of aromatic hydroxyl groups is 1. The fraction of sp³-hybridized carbons (Fsp3) is 0.400. The van der Waals surface area contributed by atoms with Crippen molar-refractivity contribution in [2.24, 2.45) is 0 Å². The summed E-state index contributed by atoms with van der Waals surface area (Å²) in [4.78, 5) is 7.14. The van der Waals surface area contributed by atoms with Gasteiger partial charge in [0.05, 0.1) is 10.5 Å². The van der Waals surface area contributed by atoms with Gasteiger partial charge in [-0.05, 0) is 80.2 Å². The number of hydrogen-bond donors (Lipinski definition) is 2. The quantitative estimate of drug-likeness (QED) is 0.486. The van der Waals surface area contributed by atoms with Crippen LogP contribution < -0.4 is 5.32 Å². The summed E-state index contributed by atoms with van der Waals surface area (Å²) in [7, 11) is 0. The highest BCUT2D eigenvalue weighted by atomic mass is 35.5. The summed E-state index contributed by atoms with van der Waals surface area (Å²) in [6.07, 6.45) is 6.76. The first-order chi connectivity index (χ1) is 14.6. The fourth-order valence-electron chi connectivity index (χ4n) is 4.68. The van der Waals surface area contributed by atoms with Crippen LogP contribution in [0.1, 0.15) is 39.5 Å². The molecule has 0 unspecified atom stereocenters. The van der Waals surface area contributed by atoms with Gasteiger partial charge in [-0.15, -0.1) is 0 Å². The number of halogens is 1. The van der Waals surface area contributed by atoms with Crippen LogP contribution in [0.15, 0.2) is 48.7 Å². The van der Waals surface area contributed by atoms with Crippen LogP contribution >= 0.6 is 11.6 Å². The minimum absolute atomic E-state index is 0.102. The van der Waals surface area contributed by atoms with Crippen LogP contribution in [0.2, 0.25) is 5.02 Å². The molecule has 1 aliphatic carbocycles. The number of rotatable bonds is 6. The summed E-state index contributed by atoms with van der Waals surface area (Å²) in [6.45, 7) is 6.79. The molecule has 158 valence electrons. The molecule has 0 amide bonds. The molecule has 4 rings (SSSR count). The van der Waals surface area contributed by atoms with Crippen molar-refractivity contribution in [2.75, 3.05) is 18.4 Å². The molecule has 0 radical (unpaired) electrons. The van der Waals surface area contributed by atoms with Gasteiger partial charge in [0, 0.05) is 29.4 Å². The number of fused-ring (bicyclic) bond motifs is 1. The lowest BCUT2D eigenvalue weighted by atomic mass is 9.89. The van der Waals surface area contributed by atoms with Gasteiger partial charge in [0.1, 0.15) is 5.75 Å². The van der Waals surface area contributed by atoms with Crippen molar-refractivity contribution in [1.82, 2.24) is 9.88 Å². The van der Waals surface area contributed by atoms with Gasteiger partial charge in [0.25, 0.3) is 0 Å². The number of pyridine rings is 1. The Morgan fingerprint density at radius 2 is 1.70 bits per heavy atom. The molecule has 1 aromatic heterocycles. The third kappa shape index (κ3) is 4.40. The summed E-state index contributed by atoms with van der Waals surface area (Å²) < 4.78 is 0. The number of phenolic OH excluding ortho intramolecular Hbond substituents is 1. The Morgan fingerprint density at radius 3 is 2.40 bits per heavy atom. The number of nitrogens with zero attached hydrogens (tertiary/aromatic N) is 2. The lowest BCUT2D eigenvalue weighted by Gasteiger charge is -2.36. The van der Waals surface area contributed by atoms with E-state index in [-0.39, 0.29) is 5.75 Å². The standard InChI is InChI=1S/C25H30ClN3O/c1-3-29(4-2)20-9-7-19(8-10-20)28-24-13-14-27-23-11-5-17(15-21(23)24)18-6-12-25(30)22(26)16-18/h5-6,11-16,19-20,30H,3-4,7-10H2,1-2H3,(H,27,28). The molecule has 3 aromatic rings. The predicted octanol–water partition coefficient (Wildman–Crippen LogP) is 6.33. The highest BCUT2D eigenvalue weighted by molar-refractivity contribution is 6.32. The SMILES string of the molecule is CCN(CC)C1CCC(Nc2ccnc3ccc(-c4ccc(O)c(Cl)c4)cc23)CC1. The molecule has 5 heteroatoms. The lowest BCUT2D eigenvalue weighted by Crippen LogP contribution is -2.40. The van der Waals surface area contributed by atoms with Crippen molar-refractivity contribution in [1.29, 1.82) is 0 Å². The zero-order valence-corrected chi connectivity index (χ0v) is 18.5. The number of hydrogen-bond acceptors (Lipinski definition) is 4. The largest absolute Gasteiger partial charge is 0.506 e. The second-order valence-electron chi connectivity index (χ2n) is 8.13. The minimum Gasteiger partial charge on any atom is -0.506 e. The lowest BCUT2D eigenvalue weighted by molar-refractivity contribution is 0.167. The average molecular weight is 424 g/mol. The number of nitrogens with one attached hydrogen (secondary N) is 1. The molecule has 1 heterocycles. The number of phenols is 1. The first-order valence-corrected chi connectivity index (χ1v) is 11.3. The molecule has 1 fully saturated rings. The summed E-state index contributed by atoms with van der Waals surface area (Å²) >= 11 is 6.12. The molecule has 0 spiro atoms. The van der Waals surface area contributed by atoms with E-state index in [1.165, 1.54) is 25.7 Å². The summed E-state index contributed by atoms with van der Waals surface area (Å²) in [5, 5.41) is 15.0. The highest BCUT2D eigenvalue weighted by Crippen LogP contribution is 2.33. The number of anilines is 1. The van der Waals surface area contributed by atoms with E-state index < -0.39 is 0 Å². The summed E-state index contributed by atoms with van der Waals surface area (Å²) in [5.74, 6) is 0.102. The van der Waals surface area contributed by atoms with Gasteiger partial charge in [-0.25, -0.2) is 0 Å². The molecule has 2 N–H and O–H groups in total. The Labute approximate surface area is 183 Å². The van der Waals surface area contributed by atoms with Gasteiger partial charge in [-0.1, -0.05) is 37.6 Å². The van der Waals surface area contributed by atoms with Crippen molar-refractivity contribution in [3.05, 3.63) is 53.7 Å². The van der Waals surface area contributed by atoms with E-state index in [4.69, 9.17) is 11.6 Å². The molecule has 0 bridgehead atoms. The molecule has 0 aliphatic heterocycles. The topological polar surface area (TPSA) is 48.4 Å². The minimum atomic E-state index is 0.102. The maximum Gasteiger partial charge on any atom is 0.134 e. The molecule has 1 aliphatic rings. The monoisotopic (exact) mass is 423 g/mol. The Balaban J connectivity index is 1.55. The number of aromatic nitrogens is 1. The summed E-state index contributed by atoms with van der Waals surface area (Å²) in [5.41, 5.74) is 4.16. The van der Waals surface area contributed by atoms with Crippen molar-refractivity contribution >= 4 is 28.2 Å². The Hall–Kier alpha value is -2.30. The third-order valence-electron chi connectivity index (χ3n) is 6.41. The Morgan fingerprint density at radius 1 is 1.00 bits per heavy atom. The van der Waals surface area contributed by atoms with E-state index in [0.717, 1.165) is 46.8 Å². The van der Waals surface area contributed by atoms with Crippen molar-refractivity contribution < 1.29 is 5.11 Å². The maximum absolute atomic E-state index is 9.72. The van der Waals surface area contributed by atoms with Gasteiger partial charge in [-0.2, -0.15) is 0 Å². The van der Waals surface area contributed by atoms with E-state index in [0.29, 0.717) is 11.1 Å². The van der Waals surface area contributed by atoms with Gasteiger partial charge in [0.15, 0.2) is 0 Å². The van der Waals surface area contributed by atoms with E-state index in [1.54, 1.807) is 12.1 Å².